The predicted molar refractivity (Wildman–Crippen MR) is 82.5 cm³/mol. The van der Waals surface area contributed by atoms with Gasteiger partial charge in [0.1, 0.15) is 5.82 Å². The molecular weight excluding hydrogens is 266 g/mol. The Balaban J connectivity index is 3.14. The molecule has 0 aliphatic rings. The highest BCUT2D eigenvalue weighted by Gasteiger charge is 2.14. The van der Waals surface area contributed by atoms with E-state index in [1.807, 2.05) is 11.8 Å². The van der Waals surface area contributed by atoms with Crippen molar-refractivity contribution >= 4 is 11.8 Å². The first kappa shape index (κ1) is 17.0. The van der Waals surface area contributed by atoms with Gasteiger partial charge in [-0.05, 0) is 24.5 Å². The zero-order valence-corrected chi connectivity index (χ0v) is 13.0. The molecule has 0 fully saturated rings. The molecule has 5 heteroatoms. The lowest BCUT2D eigenvalue weighted by Crippen LogP contribution is -2.30. The van der Waals surface area contributed by atoms with Gasteiger partial charge >= 0.3 is 5.97 Å². The quantitative estimate of drug-likeness (QED) is 0.795. The minimum Gasteiger partial charge on any atom is -0.478 e. The van der Waals surface area contributed by atoms with Crippen LogP contribution in [0.3, 0.4) is 0 Å². The molecule has 5 nitrogen and oxygen atoms in total. The van der Waals surface area contributed by atoms with Crippen LogP contribution in [0.4, 0.5) is 5.82 Å². The molecule has 21 heavy (non-hydrogen) atoms. The average molecular weight is 289 g/mol. The van der Waals surface area contributed by atoms with Gasteiger partial charge in [-0.1, -0.05) is 27.2 Å². The van der Waals surface area contributed by atoms with Gasteiger partial charge in [-0.3, -0.25) is 0 Å². The first-order chi connectivity index (χ1) is 9.97. The molecule has 1 heterocycles. The lowest BCUT2D eigenvalue weighted by Gasteiger charge is -2.25. The van der Waals surface area contributed by atoms with Gasteiger partial charge in [0.2, 0.25) is 0 Å². The van der Waals surface area contributed by atoms with Crippen LogP contribution in [-0.4, -0.2) is 29.1 Å². The van der Waals surface area contributed by atoms with Gasteiger partial charge in [0.05, 0.1) is 18.1 Å². The first-order valence-corrected chi connectivity index (χ1v) is 7.34. The van der Waals surface area contributed by atoms with E-state index in [-0.39, 0.29) is 5.56 Å². The molecule has 0 atom stereocenters. The minimum absolute atomic E-state index is 0.258. The number of carboxylic acid groups (broad SMARTS) is 1. The second kappa shape index (κ2) is 8.25. The van der Waals surface area contributed by atoms with Gasteiger partial charge in [0.25, 0.3) is 0 Å². The van der Waals surface area contributed by atoms with Crippen molar-refractivity contribution in [2.24, 2.45) is 5.92 Å². The van der Waals surface area contributed by atoms with Crippen LogP contribution in [-0.2, 0) is 6.42 Å². The van der Waals surface area contributed by atoms with Gasteiger partial charge in [-0.2, -0.15) is 5.26 Å². The Hall–Kier alpha value is -2.09. The molecule has 114 valence electrons. The summed E-state index contributed by atoms with van der Waals surface area (Å²) in [5.41, 5.74) is 1.05. The number of aromatic nitrogens is 1. The van der Waals surface area contributed by atoms with Crippen molar-refractivity contribution in [3.8, 4) is 6.07 Å². The van der Waals surface area contributed by atoms with Crippen LogP contribution in [0.5, 0.6) is 0 Å². The Morgan fingerprint density at radius 2 is 2.19 bits per heavy atom. The number of anilines is 1. The molecule has 0 saturated carbocycles. The number of hydrogen-bond acceptors (Lipinski definition) is 4. The fourth-order valence-electron chi connectivity index (χ4n) is 2.17. The zero-order chi connectivity index (χ0) is 15.8. The molecule has 0 amide bonds. The molecule has 0 spiro atoms. The SMILES string of the molecule is CCCc1cc(C(=O)O)cc(N(CCC#N)CC(C)C)n1. The Labute approximate surface area is 126 Å². The second-order valence-electron chi connectivity index (χ2n) is 5.51. The van der Waals surface area contributed by atoms with Gasteiger partial charge in [0.15, 0.2) is 0 Å². The van der Waals surface area contributed by atoms with Crippen LogP contribution in [0.25, 0.3) is 0 Å². The van der Waals surface area contributed by atoms with Crippen molar-refractivity contribution in [2.75, 3.05) is 18.0 Å². The number of carbonyl (C=O) groups is 1. The molecule has 1 aromatic rings. The molecule has 1 N–H and O–H groups in total. The van der Waals surface area contributed by atoms with Crippen LogP contribution >= 0.6 is 0 Å². The van der Waals surface area contributed by atoms with Gasteiger partial charge in [0, 0.05) is 18.8 Å². The van der Waals surface area contributed by atoms with Crippen molar-refractivity contribution < 1.29 is 9.90 Å². The summed E-state index contributed by atoms with van der Waals surface area (Å²) in [6, 6.07) is 5.36. The van der Waals surface area contributed by atoms with Gasteiger partial charge in [-0.15, -0.1) is 0 Å². The van der Waals surface area contributed by atoms with Crippen LogP contribution < -0.4 is 4.90 Å². The van der Waals surface area contributed by atoms with Crippen LogP contribution in [0.2, 0.25) is 0 Å². The Kier molecular flexibility index (Phi) is 6.67. The van der Waals surface area contributed by atoms with Crippen molar-refractivity contribution in [1.82, 2.24) is 4.98 Å². The molecule has 0 aliphatic heterocycles. The standard InChI is InChI=1S/C16H23N3O2/c1-4-6-14-9-13(16(20)21)10-15(18-14)19(8-5-7-17)11-12(2)3/h9-10,12H,4-6,8,11H2,1-3H3,(H,20,21). The number of hydrogen-bond donors (Lipinski definition) is 1. The molecule has 0 aromatic carbocycles. The van der Waals surface area contributed by atoms with E-state index in [1.165, 1.54) is 0 Å². The van der Waals surface area contributed by atoms with Crippen molar-refractivity contribution in [3.05, 3.63) is 23.4 Å². The van der Waals surface area contributed by atoms with E-state index in [9.17, 15) is 9.90 Å². The van der Waals surface area contributed by atoms with E-state index in [0.717, 1.165) is 25.1 Å². The highest BCUT2D eigenvalue weighted by molar-refractivity contribution is 5.88. The predicted octanol–water partition coefficient (Wildman–Crippen LogP) is 3.11. The summed E-state index contributed by atoms with van der Waals surface area (Å²) in [4.78, 5) is 17.8. The summed E-state index contributed by atoms with van der Waals surface area (Å²) < 4.78 is 0. The third kappa shape index (κ3) is 5.42. The second-order valence-corrected chi connectivity index (χ2v) is 5.51. The van der Waals surface area contributed by atoms with Crippen molar-refractivity contribution in [1.29, 1.82) is 5.26 Å². The number of carboxylic acids is 1. The third-order valence-electron chi connectivity index (χ3n) is 3.02. The monoisotopic (exact) mass is 289 g/mol. The van der Waals surface area contributed by atoms with E-state index >= 15 is 0 Å². The van der Waals surface area contributed by atoms with Crippen LogP contribution in [0.15, 0.2) is 12.1 Å². The van der Waals surface area contributed by atoms with Crippen molar-refractivity contribution in [2.45, 2.75) is 40.0 Å². The minimum atomic E-state index is -0.944. The van der Waals surface area contributed by atoms with E-state index in [2.05, 4.69) is 24.9 Å². The Morgan fingerprint density at radius 3 is 2.71 bits per heavy atom. The van der Waals surface area contributed by atoms with Crippen molar-refractivity contribution in [3.63, 3.8) is 0 Å². The number of aromatic carboxylic acids is 1. The van der Waals surface area contributed by atoms with Gasteiger partial charge < -0.3 is 10.0 Å². The highest BCUT2D eigenvalue weighted by atomic mass is 16.4. The summed E-state index contributed by atoms with van der Waals surface area (Å²) in [7, 11) is 0. The van der Waals surface area contributed by atoms with Gasteiger partial charge in [-0.25, -0.2) is 9.78 Å². The number of nitrogens with zero attached hydrogens (tertiary/aromatic N) is 3. The molecular formula is C16H23N3O2. The molecule has 0 bridgehead atoms. The number of nitriles is 1. The number of aryl methyl sites for hydroxylation is 1. The average Bonchev–Trinajstić information content (AvgIpc) is 2.43. The fourth-order valence-corrected chi connectivity index (χ4v) is 2.17. The number of rotatable bonds is 8. The van der Waals surface area contributed by atoms with E-state index in [1.54, 1.807) is 12.1 Å². The Morgan fingerprint density at radius 1 is 1.48 bits per heavy atom. The molecule has 0 radical (unpaired) electrons. The molecule has 1 aromatic heterocycles. The largest absolute Gasteiger partial charge is 0.478 e. The lowest BCUT2D eigenvalue weighted by molar-refractivity contribution is 0.0696. The van der Waals surface area contributed by atoms with E-state index in [4.69, 9.17) is 5.26 Å². The lowest BCUT2D eigenvalue weighted by atomic mass is 10.1. The van der Waals surface area contributed by atoms with Crippen LogP contribution in [0, 0.1) is 17.2 Å². The number of pyridine rings is 1. The smallest absolute Gasteiger partial charge is 0.335 e. The van der Waals surface area contributed by atoms with Crippen LogP contribution in [0.1, 0.15) is 49.7 Å². The summed E-state index contributed by atoms with van der Waals surface area (Å²) >= 11 is 0. The highest BCUT2D eigenvalue weighted by Crippen LogP contribution is 2.18. The normalized spacial score (nSPS) is 10.4. The summed E-state index contributed by atoms with van der Waals surface area (Å²) in [6.07, 6.45) is 2.06. The molecule has 0 saturated heterocycles. The topological polar surface area (TPSA) is 77.2 Å². The zero-order valence-electron chi connectivity index (χ0n) is 13.0. The summed E-state index contributed by atoms with van der Waals surface area (Å²) in [5.74, 6) is 0.122. The maximum absolute atomic E-state index is 11.3. The Bertz CT molecular complexity index is 521. The molecule has 0 aliphatic carbocycles. The van der Waals surface area contributed by atoms with E-state index in [0.29, 0.717) is 24.7 Å². The maximum atomic E-state index is 11.3. The molecule has 0 unspecified atom stereocenters. The third-order valence-corrected chi connectivity index (χ3v) is 3.02. The maximum Gasteiger partial charge on any atom is 0.335 e. The van der Waals surface area contributed by atoms with E-state index < -0.39 is 5.97 Å². The fraction of sp³-hybridized carbons (Fsp3) is 0.562. The first-order valence-electron chi connectivity index (χ1n) is 7.34. The molecule has 1 rings (SSSR count). The summed E-state index contributed by atoms with van der Waals surface area (Å²) in [6.45, 7) is 7.54. The summed E-state index contributed by atoms with van der Waals surface area (Å²) in [5, 5.41) is 18.0.